The average Bonchev–Trinajstić information content (AvgIpc) is 3.86. The van der Waals surface area contributed by atoms with Gasteiger partial charge in [-0.15, -0.1) is 11.3 Å². The van der Waals surface area contributed by atoms with E-state index in [4.69, 9.17) is 0 Å². The summed E-state index contributed by atoms with van der Waals surface area (Å²) in [5, 5.41) is 2.69. The summed E-state index contributed by atoms with van der Waals surface area (Å²) in [7, 11) is 0. The molecule has 3 bridgehead atoms. The summed E-state index contributed by atoms with van der Waals surface area (Å²) < 4.78 is 2.69. The van der Waals surface area contributed by atoms with E-state index in [2.05, 4.69) is 169 Å². The molecule has 6 unspecified atom stereocenters. The van der Waals surface area contributed by atoms with Gasteiger partial charge in [-0.2, -0.15) is 0 Å². The number of rotatable bonds is 5. The van der Waals surface area contributed by atoms with E-state index in [-0.39, 0.29) is 5.41 Å². The highest BCUT2D eigenvalue weighted by Crippen LogP contribution is 2.83. The van der Waals surface area contributed by atoms with Crippen molar-refractivity contribution < 1.29 is 0 Å². The third-order valence-corrected chi connectivity index (χ3v) is 16.3. The maximum atomic E-state index is 2.57. The second-order valence-corrected chi connectivity index (χ2v) is 18.5. The molecule has 1 heterocycles. The SMILES string of the molecule is c1ccc(-c2ccc(N(c3ccc(-c4ccc5c(c4)sc4ccccc45)cc3)c3ccc4c(c3)-c3ccccc3C43C4CC5CC6CC3C6(C5)C4)cc2)cc1. The van der Waals surface area contributed by atoms with Crippen LogP contribution in [0.4, 0.5) is 17.1 Å². The Balaban J connectivity index is 0.936. The molecule has 1 aromatic heterocycles. The van der Waals surface area contributed by atoms with Gasteiger partial charge in [0.15, 0.2) is 0 Å². The molecule has 2 spiro atoms. The van der Waals surface area contributed by atoms with Gasteiger partial charge in [0.05, 0.1) is 0 Å². The zero-order valence-electron chi connectivity index (χ0n) is 30.8. The van der Waals surface area contributed by atoms with Crippen molar-refractivity contribution in [1.29, 1.82) is 0 Å². The molecule has 8 aromatic rings. The monoisotopic (exact) mass is 723 g/mol. The van der Waals surface area contributed by atoms with Crippen molar-refractivity contribution in [3.05, 3.63) is 175 Å². The van der Waals surface area contributed by atoms with Gasteiger partial charge in [-0.25, -0.2) is 0 Å². The minimum absolute atomic E-state index is 0.190. The molecule has 0 saturated heterocycles. The Labute approximate surface area is 326 Å². The number of nitrogens with zero attached hydrogens (tertiary/aromatic N) is 1. The van der Waals surface area contributed by atoms with Crippen molar-refractivity contribution in [2.24, 2.45) is 29.1 Å². The van der Waals surface area contributed by atoms with Crippen LogP contribution in [0.2, 0.25) is 0 Å². The molecule has 264 valence electrons. The summed E-state index contributed by atoms with van der Waals surface area (Å²) in [6.07, 6.45) is 7.32. The molecule has 0 radical (unpaired) electrons. The van der Waals surface area contributed by atoms with E-state index >= 15 is 0 Å². The van der Waals surface area contributed by atoms with Crippen LogP contribution >= 0.6 is 11.3 Å². The number of anilines is 3. The molecule has 13 rings (SSSR count). The Morgan fingerprint density at radius 3 is 1.93 bits per heavy atom. The first kappa shape index (κ1) is 30.8. The van der Waals surface area contributed by atoms with Crippen LogP contribution in [0.3, 0.4) is 0 Å². The van der Waals surface area contributed by atoms with Gasteiger partial charge in [-0.05, 0) is 154 Å². The first-order valence-electron chi connectivity index (χ1n) is 20.4. The van der Waals surface area contributed by atoms with Gasteiger partial charge in [0.25, 0.3) is 0 Å². The number of hydrogen-bond donors (Lipinski definition) is 0. The van der Waals surface area contributed by atoms with Crippen LogP contribution in [0.1, 0.15) is 43.2 Å². The van der Waals surface area contributed by atoms with E-state index in [1.165, 1.54) is 103 Å². The van der Waals surface area contributed by atoms with Crippen LogP contribution in [-0.2, 0) is 5.41 Å². The molecule has 4 fully saturated rings. The Hall–Kier alpha value is -5.44. The lowest BCUT2D eigenvalue weighted by Gasteiger charge is -2.54. The molecule has 2 heteroatoms. The van der Waals surface area contributed by atoms with Crippen molar-refractivity contribution in [3.63, 3.8) is 0 Å². The van der Waals surface area contributed by atoms with Gasteiger partial charge in [0, 0.05) is 42.6 Å². The van der Waals surface area contributed by atoms with E-state index in [0.29, 0.717) is 5.41 Å². The third-order valence-electron chi connectivity index (χ3n) is 15.2. The highest BCUT2D eigenvalue weighted by molar-refractivity contribution is 7.25. The number of hydrogen-bond acceptors (Lipinski definition) is 2. The molecular formula is C53H41NS. The molecule has 5 aliphatic rings. The molecule has 0 amide bonds. The third kappa shape index (κ3) is 4.08. The number of fused-ring (bicyclic) bond motifs is 12. The lowest BCUT2D eigenvalue weighted by atomic mass is 9.49. The predicted molar refractivity (Wildman–Crippen MR) is 231 cm³/mol. The fourth-order valence-electron chi connectivity index (χ4n) is 13.2. The molecule has 0 aliphatic heterocycles. The topological polar surface area (TPSA) is 3.24 Å². The molecule has 7 aromatic carbocycles. The summed E-state index contributed by atoms with van der Waals surface area (Å²) in [5.74, 6) is 3.51. The molecular weight excluding hydrogens is 683 g/mol. The molecule has 0 N–H and O–H groups in total. The minimum Gasteiger partial charge on any atom is -0.310 e. The maximum absolute atomic E-state index is 2.57. The summed E-state index contributed by atoms with van der Waals surface area (Å²) in [4.78, 5) is 2.48. The van der Waals surface area contributed by atoms with Gasteiger partial charge < -0.3 is 4.90 Å². The number of thiophene rings is 1. The van der Waals surface area contributed by atoms with E-state index in [0.717, 1.165) is 23.7 Å². The van der Waals surface area contributed by atoms with Crippen LogP contribution in [0.15, 0.2) is 164 Å². The zero-order chi connectivity index (χ0) is 35.9. The molecule has 55 heavy (non-hydrogen) atoms. The number of benzene rings is 7. The second kappa shape index (κ2) is 11.1. The van der Waals surface area contributed by atoms with E-state index in [1.807, 2.05) is 11.3 Å². The van der Waals surface area contributed by atoms with Crippen LogP contribution < -0.4 is 4.90 Å². The summed E-state index contributed by atoms with van der Waals surface area (Å²) >= 11 is 1.89. The average molecular weight is 724 g/mol. The van der Waals surface area contributed by atoms with Crippen LogP contribution in [0, 0.1) is 29.1 Å². The Kier molecular flexibility index (Phi) is 6.21. The van der Waals surface area contributed by atoms with Crippen LogP contribution in [0.25, 0.3) is 53.6 Å². The lowest BCUT2D eigenvalue weighted by Crippen LogP contribution is -2.50. The minimum atomic E-state index is 0.190. The highest BCUT2D eigenvalue weighted by atomic mass is 32.1. The van der Waals surface area contributed by atoms with Gasteiger partial charge in [-0.1, -0.05) is 115 Å². The van der Waals surface area contributed by atoms with Crippen molar-refractivity contribution in [2.75, 3.05) is 4.90 Å². The van der Waals surface area contributed by atoms with E-state index < -0.39 is 0 Å². The first-order chi connectivity index (χ1) is 27.2. The lowest BCUT2D eigenvalue weighted by molar-refractivity contribution is -0.0193. The summed E-state index contributed by atoms with van der Waals surface area (Å²) in [6, 6.07) is 62.0. The fraction of sp³-hybridized carbons (Fsp3) is 0.208. The Morgan fingerprint density at radius 1 is 0.455 bits per heavy atom. The fourth-order valence-corrected chi connectivity index (χ4v) is 14.4. The van der Waals surface area contributed by atoms with Gasteiger partial charge in [-0.3, -0.25) is 0 Å². The molecule has 5 aliphatic carbocycles. The van der Waals surface area contributed by atoms with Gasteiger partial charge in [0.2, 0.25) is 0 Å². The van der Waals surface area contributed by atoms with Gasteiger partial charge >= 0.3 is 0 Å². The summed E-state index contributed by atoms with van der Waals surface area (Å²) in [6.45, 7) is 0. The standard InChI is InChI=1S/C53H41NS/c1-2-8-34(9-3-1)35-14-19-40(20-15-35)54(41-21-16-36(17-22-41)37-18-24-45-44-11-5-7-13-49(44)55-50(45)28-37)42-23-25-48-46(30-42)43-10-4-6-12-47(43)53(48)39-27-33-26-38-29-51(53)52(38,31-33)32-39/h1-25,28,30,33,38-39,51H,26-27,29,31-32H2. The normalized spacial score (nSPS) is 26.3. The maximum Gasteiger partial charge on any atom is 0.0468 e. The summed E-state index contributed by atoms with van der Waals surface area (Å²) in [5.41, 5.74) is 15.6. The van der Waals surface area contributed by atoms with Crippen molar-refractivity contribution >= 4 is 48.6 Å². The zero-order valence-corrected chi connectivity index (χ0v) is 31.6. The highest BCUT2D eigenvalue weighted by Gasteiger charge is 2.76. The first-order valence-corrected chi connectivity index (χ1v) is 21.2. The molecule has 6 atom stereocenters. The predicted octanol–water partition coefficient (Wildman–Crippen LogP) is 14.6. The van der Waals surface area contributed by atoms with E-state index in [1.54, 1.807) is 11.1 Å². The van der Waals surface area contributed by atoms with Crippen molar-refractivity contribution in [2.45, 2.75) is 37.5 Å². The van der Waals surface area contributed by atoms with E-state index in [9.17, 15) is 0 Å². The molecule has 1 nitrogen and oxygen atoms in total. The van der Waals surface area contributed by atoms with Gasteiger partial charge in [0.1, 0.15) is 0 Å². The quantitative estimate of drug-likeness (QED) is 0.171. The second-order valence-electron chi connectivity index (χ2n) is 17.4. The molecule has 4 saturated carbocycles. The Morgan fingerprint density at radius 2 is 1.09 bits per heavy atom. The van der Waals surface area contributed by atoms with Crippen molar-refractivity contribution in [3.8, 4) is 33.4 Å². The van der Waals surface area contributed by atoms with Crippen molar-refractivity contribution in [1.82, 2.24) is 0 Å². The largest absolute Gasteiger partial charge is 0.310 e. The Bertz CT molecular complexity index is 2830. The van der Waals surface area contributed by atoms with Crippen LogP contribution in [-0.4, -0.2) is 0 Å². The van der Waals surface area contributed by atoms with Crippen LogP contribution in [0.5, 0.6) is 0 Å². The smallest absolute Gasteiger partial charge is 0.0468 e.